The minimum Gasteiger partial charge on any atom is -0.465 e. The second kappa shape index (κ2) is 6.27. The van der Waals surface area contributed by atoms with Crippen LogP contribution in [0.1, 0.15) is 43.5 Å². The fourth-order valence-electron chi connectivity index (χ4n) is 2.56. The molecular weight excluding hydrogens is 254 g/mol. The molecule has 2 atom stereocenters. The van der Waals surface area contributed by atoms with E-state index in [9.17, 15) is 4.79 Å². The van der Waals surface area contributed by atoms with Gasteiger partial charge in [0.2, 0.25) is 0 Å². The van der Waals surface area contributed by atoms with Crippen LogP contribution in [0.25, 0.3) is 0 Å². The number of benzene rings is 1. The smallest absolute Gasteiger partial charge is 0.337 e. The molecule has 0 radical (unpaired) electrons. The number of carbonyl (C=O) groups is 1. The molecule has 2 rings (SSSR count). The van der Waals surface area contributed by atoms with Crippen LogP contribution in [0.15, 0.2) is 24.3 Å². The van der Waals surface area contributed by atoms with Crippen molar-refractivity contribution in [2.75, 3.05) is 19.0 Å². The Morgan fingerprint density at radius 1 is 1.45 bits per heavy atom. The average Bonchev–Trinajstić information content (AvgIpc) is 2.47. The third-order valence-corrected chi connectivity index (χ3v) is 4.02. The Kier molecular flexibility index (Phi) is 4.65. The van der Waals surface area contributed by atoms with Crippen LogP contribution in [0, 0.1) is 0 Å². The first-order chi connectivity index (χ1) is 9.56. The van der Waals surface area contributed by atoms with Gasteiger partial charge in [-0.25, -0.2) is 4.79 Å². The number of nitrogens with one attached hydrogen (secondary N) is 1. The van der Waals surface area contributed by atoms with Crippen molar-refractivity contribution < 1.29 is 14.3 Å². The normalized spacial score (nSPS) is 26.1. The number of hydrogen-bond acceptors (Lipinski definition) is 4. The molecular formula is C16H23NO3. The van der Waals surface area contributed by atoms with E-state index in [1.807, 2.05) is 12.1 Å². The van der Waals surface area contributed by atoms with Crippen molar-refractivity contribution in [1.82, 2.24) is 0 Å². The van der Waals surface area contributed by atoms with Gasteiger partial charge in [-0.2, -0.15) is 0 Å². The van der Waals surface area contributed by atoms with Gasteiger partial charge in [0.05, 0.1) is 18.3 Å². The monoisotopic (exact) mass is 277 g/mol. The van der Waals surface area contributed by atoms with E-state index in [2.05, 4.69) is 19.2 Å². The molecule has 4 heteroatoms. The van der Waals surface area contributed by atoms with E-state index in [1.165, 1.54) is 7.11 Å². The molecule has 2 unspecified atom stereocenters. The van der Waals surface area contributed by atoms with Gasteiger partial charge in [-0.05, 0) is 50.5 Å². The molecule has 4 nitrogen and oxygen atoms in total. The van der Waals surface area contributed by atoms with Gasteiger partial charge in [0.15, 0.2) is 0 Å². The molecule has 1 aliphatic heterocycles. The van der Waals surface area contributed by atoms with Crippen LogP contribution in [-0.4, -0.2) is 31.3 Å². The highest BCUT2D eigenvalue weighted by Crippen LogP contribution is 2.29. The molecule has 0 amide bonds. The Morgan fingerprint density at radius 2 is 2.15 bits per heavy atom. The minimum atomic E-state index is -0.304. The van der Waals surface area contributed by atoms with Gasteiger partial charge in [0, 0.05) is 18.3 Å². The molecule has 1 N–H and O–H groups in total. The molecule has 1 saturated heterocycles. The lowest BCUT2D eigenvalue weighted by molar-refractivity contribution is -0.0708. The van der Waals surface area contributed by atoms with Gasteiger partial charge < -0.3 is 14.8 Å². The topological polar surface area (TPSA) is 47.6 Å². The van der Waals surface area contributed by atoms with Gasteiger partial charge in [-0.3, -0.25) is 0 Å². The van der Waals surface area contributed by atoms with Crippen molar-refractivity contribution in [1.29, 1.82) is 0 Å². The fraction of sp³-hybridized carbons (Fsp3) is 0.562. The van der Waals surface area contributed by atoms with Gasteiger partial charge >= 0.3 is 5.97 Å². The van der Waals surface area contributed by atoms with Crippen LogP contribution in [0.2, 0.25) is 0 Å². The molecule has 1 heterocycles. The number of hydrogen-bond donors (Lipinski definition) is 1. The fourth-order valence-corrected chi connectivity index (χ4v) is 2.56. The number of ether oxygens (including phenoxy) is 2. The number of methoxy groups -OCH3 is 1. The summed E-state index contributed by atoms with van der Waals surface area (Å²) in [6.07, 6.45) is 3.03. The van der Waals surface area contributed by atoms with Crippen molar-refractivity contribution in [2.24, 2.45) is 0 Å². The van der Waals surface area contributed by atoms with E-state index in [-0.39, 0.29) is 11.6 Å². The second-order valence-corrected chi connectivity index (χ2v) is 5.55. The second-order valence-electron chi connectivity index (χ2n) is 5.55. The third kappa shape index (κ3) is 3.51. The van der Waals surface area contributed by atoms with Crippen molar-refractivity contribution in [3.8, 4) is 0 Å². The van der Waals surface area contributed by atoms with Crippen LogP contribution < -0.4 is 5.32 Å². The Morgan fingerprint density at radius 3 is 2.75 bits per heavy atom. The highest BCUT2D eigenvalue weighted by Gasteiger charge is 2.31. The molecule has 110 valence electrons. The third-order valence-electron chi connectivity index (χ3n) is 4.02. The Labute approximate surface area is 120 Å². The van der Waals surface area contributed by atoms with Crippen molar-refractivity contribution in [3.05, 3.63) is 29.8 Å². The quantitative estimate of drug-likeness (QED) is 0.858. The lowest BCUT2D eigenvalue weighted by atomic mass is 9.90. The van der Waals surface area contributed by atoms with E-state index in [0.29, 0.717) is 11.6 Å². The zero-order chi connectivity index (χ0) is 14.6. The van der Waals surface area contributed by atoms with Gasteiger partial charge in [0.1, 0.15) is 0 Å². The molecule has 20 heavy (non-hydrogen) atoms. The SMILES string of the molecule is CCC1(C)CC(Nc2ccc(C(=O)OC)cc2)CCO1. The molecule has 1 aromatic carbocycles. The summed E-state index contributed by atoms with van der Waals surface area (Å²) in [5, 5.41) is 3.52. The predicted octanol–water partition coefficient (Wildman–Crippen LogP) is 3.23. The molecule has 1 fully saturated rings. The molecule has 0 saturated carbocycles. The van der Waals surface area contributed by atoms with Crippen molar-refractivity contribution in [2.45, 2.75) is 44.8 Å². The highest BCUT2D eigenvalue weighted by atomic mass is 16.5. The lowest BCUT2D eigenvalue weighted by Crippen LogP contribution is -2.41. The van der Waals surface area contributed by atoms with E-state index in [0.717, 1.165) is 31.6 Å². The zero-order valence-corrected chi connectivity index (χ0v) is 12.4. The molecule has 0 spiro atoms. The zero-order valence-electron chi connectivity index (χ0n) is 12.4. The predicted molar refractivity (Wildman–Crippen MR) is 79.1 cm³/mol. The summed E-state index contributed by atoms with van der Waals surface area (Å²) in [6.45, 7) is 5.12. The Hall–Kier alpha value is -1.55. The lowest BCUT2D eigenvalue weighted by Gasteiger charge is -2.38. The average molecular weight is 277 g/mol. The first kappa shape index (κ1) is 14.9. The minimum absolute atomic E-state index is 0.0259. The standard InChI is InChI=1S/C16H23NO3/c1-4-16(2)11-14(9-10-20-16)17-13-7-5-12(6-8-13)15(18)19-3/h5-8,14,17H,4,9-11H2,1-3H3. The number of esters is 1. The summed E-state index contributed by atoms with van der Waals surface area (Å²) in [4.78, 5) is 11.4. The number of rotatable bonds is 4. The van der Waals surface area contributed by atoms with E-state index < -0.39 is 0 Å². The molecule has 0 bridgehead atoms. The number of carbonyl (C=O) groups excluding carboxylic acids is 1. The molecule has 0 aliphatic carbocycles. The summed E-state index contributed by atoms with van der Waals surface area (Å²) < 4.78 is 10.5. The highest BCUT2D eigenvalue weighted by molar-refractivity contribution is 5.89. The molecule has 1 aliphatic rings. The van der Waals surface area contributed by atoms with E-state index in [1.54, 1.807) is 12.1 Å². The summed E-state index contributed by atoms with van der Waals surface area (Å²) in [7, 11) is 1.39. The van der Waals surface area contributed by atoms with Crippen molar-refractivity contribution >= 4 is 11.7 Å². The van der Waals surface area contributed by atoms with Crippen LogP contribution in [0.3, 0.4) is 0 Å². The van der Waals surface area contributed by atoms with Gasteiger partial charge in [-0.1, -0.05) is 6.92 Å². The maximum Gasteiger partial charge on any atom is 0.337 e. The van der Waals surface area contributed by atoms with Crippen LogP contribution in [-0.2, 0) is 9.47 Å². The summed E-state index contributed by atoms with van der Waals surface area (Å²) in [6, 6.07) is 7.83. The summed E-state index contributed by atoms with van der Waals surface area (Å²) in [5.41, 5.74) is 1.58. The first-order valence-electron chi connectivity index (χ1n) is 7.15. The Balaban J connectivity index is 1.98. The first-order valence-corrected chi connectivity index (χ1v) is 7.15. The van der Waals surface area contributed by atoms with Crippen molar-refractivity contribution in [3.63, 3.8) is 0 Å². The summed E-state index contributed by atoms with van der Waals surface area (Å²) >= 11 is 0. The summed E-state index contributed by atoms with van der Waals surface area (Å²) in [5.74, 6) is -0.304. The van der Waals surface area contributed by atoms with E-state index >= 15 is 0 Å². The van der Waals surface area contributed by atoms with Crippen LogP contribution in [0.5, 0.6) is 0 Å². The van der Waals surface area contributed by atoms with Crippen LogP contribution in [0.4, 0.5) is 5.69 Å². The molecule has 1 aromatic rings. The molecule has 0 aromatic heterocycles. The Bertz CT molecular complexity index is 457. The van der Waals surface area contributed by atoms with Gasteiger partial charge in [0.25, 0.3) is 0 Å². The maximum absolute atomic E-state index is 11.4. The maximum atomic E-state index is 11.4. The largest absolute Gasteiger partial charge is 0.465 e. The number of anilines is 1. The van der Waals surface area contributed by atoms with Crippen LogP contribution >= 0.6 is 0 Å². The van der Waals surface area contributed by atoms with Gasteiger partial charge in [-0.15, -0.1) is 0 Å². The van der Waals surface area contributed by atoms with E-state index in [4.69, 9.17) is 9.47 Å².